The molecule has 0 bridgehead atoms. The van der Waals surface area contributed by atoms with Crippen LogP contribution in [0, 0.1) is 5.41 Å². The monoisotopic (exact) mass is 299 g/mol. The van der Waals surface area contributed by atoms with Gasteiger partial charge in [-0.05, 0) is 23.1 Å². The molecule has 0 aliphatic rings. The summed E-state index contributed by atoms with van der Waals surface area (Å²) < 4.78 is 22.2. The summed E-state index contributed by atoms with van der Waals surface area (Å²) in [5, 5.41) is 10.5. The highest BCUT2D eigenvalue weighted by Gasteiger charge is 2.11. The molecule has 112 valence electrons. The molecule has 0 radical (unpaired) electrons. The van der Waals surface area contributed by atoms with Crippen molar-refractivity contribution in [3.8, 4) is 0 Å². The Labute approximate surface area is 119 Å². The third-order valence-corrected chi connectivity index (χ3v) is 3.41. The Morgan fingerprint density at radius 1 is 1.15 bits per heavy atom. The van der Waals surface area contributed by atoms with E-state index in [1.165, 1.54) is 12.1 Å². The topological polar surface area (TPSA) is 101 Å². The van der Waals surface area contributed by atoms with E-state index in [0.717, 1.165) is 5.56 Å². The van der Waals surface area contributed by atoms with Crippen molar-refractivity contribution in [2.24, 2.45) is 10.6 Å². The first-order chi connectivity index (χ1) is 9.08. The number of urea groups is 1. The van der Waals surface area contributed by atoms with Crippen molar-refractivity contribution in [1.82, 2.24) is 10.6 Å². The molecule has 0 unspecified atom stereocenters. The average molecular weight is 299 g/mol. The summed E-state index contributed by atoms with van der Waals surface area (Å²) in [6.07, 6.45) is 0. The van der Waals surface area contributed by atoms with Crippen LogP contribution < -0.4 is 15.8 Å². The number of rotatable bonds is 4. The van der Waals surface area contributed by atoms with Crippen molar-refractivity contribution in [1.29, 1.82) is 0 Å². The van der Waals surface area contributed by atoms with Crippen LogP contribution in [0.2, 0.25) is 0 Å². The second-order valence-corrected chi connectivity index (χ2v) is 7.35. The van der Waals surface area contributed by atoms with Crippen LogP contribution >= 0.6 is 0 Å². The van der Waals surface area contributed by atoms with Crippen molar-refractivity contribution < 1.29 is 13.2 Å². The lowest BCUT2D eigenvalue weighted by Gasteiger charge is -2.18. The van der Waals surface area contributed by atoms with Gasteiger partial charge in [-0.25, -0.2) is 18.4 Å². The van der Waals surface area contributed by atoms with Crippen LogP contribution in [0.4, 0.5) is 4.79 Å². The standard InChI is InChI=1S/C13H21N3O3S/c1-13(2,3)9-16-12(17)15-8-10-4-6-11(7-5-10)20(14,18)19/h4-7H,8-9H2,1-3H3,(H2,14,18,19)(H2,15,16,17). The number of carbonyl (C=O) groups is 1. The van der Waals surface area contributed by atoms with Crippen LogP contribution in [0.5, 0.6) is 0 Å². The molecule has 0 saturated heterocycles. The molecule has 1 aromatic carbocycles. The first-order valence-electron chi connectivity index (χ1n) is 6.21. The smallest absolute Gasteiger partial charge is 0.315 e. The number of hydrogen-bond acceptors (Lipinski definition) is 3. The van der Waals surface area contributed by atoms with Gasteiger partial charge in [0.2, 0.25) is 10.0 Å². The second kappa shape index (κ2) is 6.23. The maximum atomic E-state index is 11.6. The number of sulfonamides is 1. The molecule has 0 aromatic heterocycles. The van der Waals surface area contributed by atoms with Crippen molar-refractivity contribution in [3.63, 3.8) is 0 Å². The van der Waals surface area contributed by atoms with E-state index in [1.54, 1.807) is 12.1 Å². The fraction of sp³-hybridized carbons (Fsp3) is 0.462. The second-order valence-electron chi connectivity index (χ2n) is 5.79. The van der Waals surface area contributed by atoms with Gasteiger partial charge in [-0.1, -0.05) is 32.9 Å². The van der Waals surface area contributed by atoms with Gasteiger partial charge in [0.25, 0.3) is 0 Å². The van der Waals surface area contributed by atoms with Crippen LogP contribution in [0.3, 0.4) is 0 Å². The molecule has 4 N–H and O–H groups in total. The Balaban J connectivity index is 2.48. The summed E-state index contributed by atoms with van der Waals surface area (Å²) in [4.78, 5) is 11.6. The molecular formula is C13H21N3O3S. The predicted octanol–water partition coefficient (Wildman–Crippen LogP) is 1.18. The molecule has 0 heterocycles. The molecule has 2 amide bonds. The average Bonchev–Trinajstić information content (AvgIpc) is 2.32. The van der Waals surface area contributed by atoms with Gasteiger partial charge in [0.05, 0.1) is 4.90 Å². The zero-order valence-electron chi connectivity index (χ0n) is 11.9. The van der Waals surface area contributed by atoms with E-state index in [0.29, 0.717) is 13.1 Å². The van der Waals surface area contributed by atoms with Crippen molar-refractivity contribution in [2.45, 2.75) is 32.2 Å². The maximum Gasteiger partial charge on any atom is 0.315 e. The van der Waals surface area contributed by atoms with E-state index in [2.05, 4.69) is 10.6 Å². The van der Waals surface area contributed by atoms with Gasteiger partial charge in [-0.3, -0.25) is 0 Å². The number of nitrogens with one attached hydrogen (secondary N) is 2. The Bertz CT molecular complexity index is 560. The molecule has 0 spiro atoms. The van der Waals surface area contributed by atoms with E-state index in [-0.39, 0.29) is 16.3 Å². The highest BCUT2D eigenvalue weighted by Crippen LogP contribution is 2.10. The van der Waals surface area contributed by atoms with Gasteiger partial charge in [0.1, 0.15) is 0 Å². The number of nitrogens with two attached hydrogens (primary N) is 1. The summed E-state index contributed by atoms with van der Waals surface area (Å²) in [7, 11) is -3.68. The summed E-state index contributed by atoms with van der Waals surface area (Å²) >= 11 is 0. The van der Waals surface area contributed by atoms with Crippen molar-refractivity contribution in [2.75, 3.05) is 6.54 Å². The lowest BCUT2D eigenvalue weighted by atomic mass is 9.97. The molecule has 0 aliphatic heterocycles. The van der Waals surface area contributed by atoms with Gasteiger partial charge in [0, 0.05) is 13.1 Å². The van der Waals surface area contributed by atoms with E-state index in [4.69, 9.17) is 5.14 Å². The normalized spacial score (nSPS) is 12.0. The minimum atomic E-state index is -3.68. The third kappa shape index (κ3) is 6.03. The highest BCUT2D eigenvalue weighted by atomic mass is 32.2. The molecule has 0 fully saturated rings. The quantitative estimate of drug-likeness (QED) is 0.778. The van der Waals surface area contributed by atoms with Crippen LogP contribution in [0.15, 0.2) is 29.2 Å². The lowest BCUT2D eigenvalue weighted by molar-refractivity contribution is 0.235. The first-order valence-corrected chi connectivity index (χ1v) is 7.76. The molecule has 0 aliphatic carbocycles. The molecule has 20 heavy (non-hydrogen) atoms. The van der Waals surface area contributed by atoms with E-state index in [1.807, 2.05) is 20.8 Å². The fourth-order valence-corrected chi connectivity index (χ4v) is 1.90. The summed E-state index contributed by atoms with van der Waals surface area (Å²) in [6.45, 7) is 6.97. The van der Waals surface area contributed by atoms with Crippen LogP contribution in [0.25, 0.3) is 0 Å². The summed E-state index contributed by atoms with van der Waals surface area (Å²) in [5.74, 6) is 0. The fourth-order valence-electron chi connectivity index (χ4n) is 1.39. The number of carbonyl (C=O) groups excluding carboxylic acids is 1. The van der Waals surface area contributed by atoms with Crippen molar-refractivity contribution in [3.05, 3.63) is 29.8 Å². The van der Waals surface area contributed by atoms with Crippen LogP contribution in [-0.4, -0.2) is 21.0 Å². The molecular weight excluding hydrogens is 278 g/mol. The van der Waals surface area contributed by atoms with Crippen LogP contribution in [-0.2, 0) is 16.6 Å². The molecule has 1 rings (SSSR count). The van der Waals surface area contributed by atoms with Gasteiger partial charge in [-0.15, -0.1) is 0 Å². The summed E-state index contributed by atoms with van der Waals surface area (Å²) in [5.41, 5.74) is 0.817. The third-order valence-electron chi connectivity index (χ3n) is 2.48. The SMILES string of the molecule is CC(C)(C)CNC(=O)NCc1ccc(S(N)(=O)=O)cc1. The Morgan fingerprint density at radius 2 is 1.70 bits per heavy atom. The highest BCUT2D eigenvalue weighted by molar-refractivity contribution is 7.89. The minimum Gasteiger partial charge on any atom is -0.338 e. The molecule has 0 atom stereocenters. The van der Waals surface area contributed by atoms with E-state index >= 15 is 0 Å². The molecule has 1 aromatic rings. The molecule has 7 heteroatoms. The lowest BCUT2D eigenvalue weighted by Crippen LogP contribution is -2.39. The molecule has 6 nitrogen and oxygen atoms in total. The van der Waals surface area contributed by atoms with Gasteiger partial charge in [-0.2, -0.15) is 0 Å². The largest absolute Gasteiger partial charge is 0.338 e. The zero-order chi connectivity index (χ0) is 15.4. The number of primary sulfonamides is 1. The van der Waals surface area contributed by atoms with Gasteiger partial charge >= 0.3 is 6.03 Å². The Morgan fingerprint density at radius 3 is 2.15 bits per heavy atom. The van der Waals surface area contributed by atoms with Crippen LogP contribution in [0.1, 0.15) is 26.3 Å². The Kier molecular flexibility index (Phi) is 5.13. The predicted molar refractivity (Wildman–Crippen MR) is 77.5 cm³/mol. The summed E-state index contributed by atoms with van der Waals surface area (Å²) in [6, 6.07) is 5.81. The molecule has 0 saturated carbocycles. The van der Waals surface area contributed by atoms with Crippen molar-refractivity contribution >= 4 is 16.1 Å². The number of amides is 2. The van der Waals surface area contributed by atoms with E-state index < -0.39 is 10.0 Å². The maximum absolute atomic E-state index is 11.6. The first kappa shape index (κ1) is 16.5. The zero-order valence-corrected chi connectivity index (χ0v) is 12.8. The minimum absolute atomic E-state index is 0.0223. The van der Waals surface area contributed by atoms with Gasteiger partial charge in [0.15, 0.2) is 0 Å². The number of benzene rings is 1. The number of hydrogen-bond donors (Lipinski definition) is 3. The Hall–Kier alpha value is -1.60. The van der Waals surface area contributed by atoms with E-state index in [9.17, 15) is 13.2 Å². The van der Waals surface area contributed by atoms with Gasteiger partial charge < -0.3 is 10.6 Å².